The Kier molecular flexibility index (Phi) is 6.97. The first-order valence-corrected chi connectivity index (χ1v) is 15.6. The summed E-state index contributed by atoms with van der Waals surface area (Å²) in [6, 6.07) is 16.3. The number of nitrogens with one attached hydrogen (secondary N) is 2. The van der Waals surface area contributed by atoms with Crippen LogP contribution in [-0.4, -0.2) is 71.7 Å². The number of para-hydroxylation sites is 3. The molecular weight excluding hydrogens is 589 g/mol. The normalized spacial score (nSPS) is 17.3. The second-order valence-electron chi connectivity index (χ2n) is 12.0. The molecule has 2 amide bonds. The first-order valence-electron chi connectivity index (χ1n) is 15.6. The largest absolute Gasteiger partial charge is 0.451 e. The molecule has 1 atom stereocenters. The summed E-state index contributed by atoms with van der Waals surface area (Å²) < 4.78 is 29.6. The minimum absolute atomic E-state index is 0.0270. The van der Waals surface area contributed by atoms with Gasteiger partial charge >= 0.3 is 0 Å². The van der Waals surface area contributed by atoms with Crippen molar-refractivity contribution in [3.8, 4) is 17.2 Å². The fourth-order valence-corrected chi connectivity index (χ4v) is 6.91. The number of amides is 2. The molecule has 0 bridgehead atoms. The number of fused-ring (bicyclic) bond motifs is 3. The Labute approximate surface area is 263 Å². The lowest BCUT2D eigenvalue weighted by atomic mass is 10.1. The molecule has 46 heavy (non-hydrogen) atoms. The molecule has 11 heteroatoms. The van der Waals surface area contributed by atoms with Crippen LogP contribution in [0.2, 0.25) is 0 Å². The lowest BCUT2D eigenvalue weighted by Crippen LogP contribution is -2.42. The number of nitrogens with zero attached hydrogens (tertiary/aromatic N) is 3. The molecule has 5 heterocycles. The van der Waals surface area contributed by atoms with E-state index in [1.165, 1.54) is 6.07 Å². The van der Waals surface area contributed by atoms with Gasteiger partial charge in [0, 0.05) is 61.9 Å². The Bertz CT molecular complexity index is 2080. The van der Waals surface area contributed by atoms with Crippen molar-refractivity contribution < 1.29 is 23.5 Å². The molecule has 1 unspecified atom stereocenters. The molecular formula is C35H32FN5O5. The van der Waals surface area contributed by atoms with Crippen LogP contribution in [0.1, 0.15) is 28.8 Å². The number of hydrogen-bond acceptors (Lipinski definition) is 6. The molecule has 234 valence electrons. The molecule has 3 aromatic carbocycles. The van der Waals surface area contributed by atoms with E-state index in [1.807, 2.05) is 53.6 Å². The smallest absolute Gasteiger partial charge is 0.259 e. The zero-order chi connectivity index (χ0) is 31.4. The van der Waals surface area contributed by atoms with Crippen LogP contribution in [0.5, 0.6) is 11.5 Å². The number of rotatable bonds is 6. The molecule has 3 aliphatic rings. The van der Waals surface area contributed by atoms with Gasteiger partial charge in [-0.1, -0.05) is 30.3 Å². The van der Waals surface area contributed by atoms with Crippen molar-refractivity contribution in [1.29, 1.82) is 0 Å². The maximum atomic E-state index is 16.1. The van der Waals surface area contributed by atoms with Crippen molar-refractivity contribution in [1.82, 2.24) is 19.8 Å². The average Bonchev–Trinajstić information content (AvgIpc) is 3.72. The highest BCUT2D eigenvalue weighted by atomic mass is 19.1. The van der Waals surface area contributed by atoms with Gasteiger partial charge in [0.1, 0.15) is 16.8 Å². The molecule has 5 aromatic rings. The SMILES string of the molecule is O=C(CCc1c[nH]c2ccccc12)NC1CCN(c2c(F)cc3c(=O)c(C(=O)N4CCOCC4)cn4c3c2Oc2ccccc2-4)C1. The fourth-order valence-electron chi connectivity index (χ4n) is 6.91. The molecule has 2 saturated heterocycles. The zero-order valence-corrected chi connectivity index (χ0v) is 25.1. The minimum Gasteiger partial charge on any atom is -0.451 e. The average molecular weight is 622 g/mol. The number of morpholine rings is 1. The third-order valence-electron chi connectivity index (χ3n) is 9.20. The molecule has 2 aromatic heterocycles. The molecule has 0 spiro atoms. The summed E-state index contributed by atoms with van der Waals surface area (Å²) in [6.07, 6.45) is 5.08. The van der Waals surface area contributed by atoms with E-state index in [0.29, 0.717) is 75.6 Å². The van der Waals surface area contributed by atoms with Crippen molar-refractivity contribution >= 4 is 39.3 Å². The van der Waals surface area contributed by atoms with E-state index in [-0.39, 0.29) is 34.3 Å². The fraction of sp³-hybridized carbons (Fsp3) is 0.286. The predicted octanol–water partition coefficient (Wildman–Crippen LogP) is 4.52. The number of benzene rings is 3. The van der Waals surface area contributed by atoms with Gasteiger partial charge in [-0.25, -0.2) is 4.39 Å². The maximum absolute atomic E-state index is 16.1. The van der Waals surface area contributed by atoms with Gasteiger partial charge < -0.3 is 34.1 Å². The van der Waals surface area contributed by atoms with Crippen LogP contribution in [-0.2, 0) is 16.0 Å². The summed E-state index contributed by atoms with van der Waals surface area (Å²) in [5, 5.41) is 4.31. The van der Waals surface area contributed by atoms with E-state index < -0.39 is 17.2 Å². The number of aromatic amines is 1. The van der Waals surface area contributed by atoms with Gasteiger partial charge in [0.15, 0.2) is 17.3 Å². The summed E-state index contributed by atoms with van der Waals surface area (Å²) in [7, 11) is 0. The van der Waals surface area contributed by atoms with Gasteiger partial charge in [-0.2, -0.15) is 0 Å². The van der Waals surface area contributed by atoms with E-state index in [1.54, 1.807) is 21.7 Å². The van der Waals surface area contributed by atoms with E-state index in [2.05, 4.69) is 10.3 Å². The summed E-state index contributed by atoms with van der Waals surface area (Å²) in [4.78, 5) is 46.9. The van der Waals surface area contributed by atoms with E-state index in [4.69, 9.17) is 9.47 Å². The number of pyridine rings is 1. The number of carbonyl (C=O) groups is 2. The van der Waals surface area contributed by atoms with E-state index >= 15 is 4.39 Å². The van der Waals surface area contributed by atoms with Crippen molar-refractivity contribution in [2.45, 2.75) is 25.3 Å². The van der Waals surface area contributed by atoms with Gasteiger partial charge in [0.05, 0.1) is 24.3 Å². The van der Waals surface area contributed by atoms with Crippen molar-refractivity contribution in [2.24, 2.45) is 0 Å². The lowest BCUT2D eigenvalue weighted by molar-refractivity contribution is -0.121. The number of H-pyrrole nitrogens is 1. The molecule has 2 fully saturated rings. The van der Waals surface area contributed by atoms with Crippen LogP contribution >= 0.6 is 0 Å². The highest BCUT2D eigenvalue weighted by molar-refractivity contribution is 6.01. The summed E-state index contributed by atoms with van der Waals surface area (Å²) >= 11 is 0. The van der Waals surface area contributed by atoms with Crippen molar-refractivity contribution in [3.63, 3.8) is 0 Å². The van der Waals surface area contributed by atoms with Crippen LogP contribution in [0.3, 0.4) is 0 Å². The monoisotopic (exact) mass is 621 g/mol. The molecule has 10 nitrogen and oxygen atoms in total. The summed E-state index contributed by atoms with van der Waals surface area (Å²) in [6.45, 7) is 2.43. The van der Waals surface area contributed by atoms with Crippen LogP contribution < -0.4 is 20.4 Å². The number of anilines is 1. The van der Waals surface area contributed by atoms with Gasteiger partial charge in [-0.15, -0.1) is 0 Å². The highest BCUT2D eigenvalue weighted by Crippen LogP contribution is 2.47. The van der Waals surface area contributed by atoms with Gasteiger partial charge in [0.2, 0.25) is 11.3 Å². The third-order valence-corrected chi connectivity index (χ3v) is 9.20. The Morgan fingerprint density at radius 3 is 2.70 bits per heavy atom. The van der Waals surface area contributed by atoms with E-state index in [9.17, 15) is 14.4 Å². The van der Waals surface area contributed by atoms with Crippen LogP contribution in [0.15, 0.2) is 71.8 Å². The topological polar surface area (TPSA) is 109 Å². The van der Waals surface area contributed by atoms with Gasteiger partial charge in [0.25, 0.3) is 5.91 Å². The first-order chi connectivity index (χ1) is 22.5. The Morgan fingerprint density at radius 2 is 1.83 bits per heavy atom. The van der Waals surface area contributed by atoms with Crippen LogP contribution in [0.4, 0.5) is 10.1 Å². The van der Waals surface area contributed by atoms with Gasteiger partial charge in [-0.3, -0.25) is 14.4 Å². The van der Waals surface area contributed by atoms with Gasteiger partial charge in [-0.05, 0) is 42.7 Å². The number of hydrogen-bond donors (Lipinski definition) is 2. The number of halogens is 1. The second-order valence-corrected chi connectivity index (χ2v) is 12.0. The number of ether oxygens (including phenoxy) is 2. The first kappa shape index (κ1) is 28.3. The quantitative estimate of drug-likeness (QED) is 0.283. The standard InChI is InChI=1S/C35H32FN5O5/c36-26-17-24-31-34(32(26)40-12-11-22(19-40)38-30(42)10-9-21-18-37-27-6-2-1-5-23(21)27)46-29-8-4-3-7-28(29)41(31)20-25(33(24)43)35(44)39-13-15-45-16-14-39/h1-8,17-18,20,22,37H,9-16,19H2,(H,38,42). The third kappa shape index (κ3) is 4.78. The molecule has 0 radical (unpaired) electrons. The van der Waals surface area contributed by atoms with Crippen LogP contribution in [0, 0.1) is 5.82 Å². The molecule has 0 saturated carbocycles. The van der Waals surface area contributed by atoms with E-state index in [0.717, 1.165) is 16.5 Å². The number of carbonyl (C=O) groups excluding carboxylic acids is 2. The van der Waals surface area contributed by atoms with Crippen LogP contribution in [0.25, 0.3) is 27.5 Å². The van der Waals surface area contributed by atoms with Crippen molar-refractivity contribution in [3.05, 3.63) is 94.2 Å². The summed E-state index contributed by atoms with van der Waals surface area (Å²) in [5.41, 5.74) is 2.86. The molecule has 8 rings (SSSR count). The molecule has 0 aliphatic carbocycles. The van der Waals surface area contributed by atoms with Crippen molar-refractivity contribution in [2.75, 3.05) is 44.3 Å². The number of aryl methyl sites for hydroxylation is 1. The minimum atomic E-state index is -0.618. The second kappa shape index (κ2) is 11.3. The Morgan fingerprint density at radius 1 is 1.02 bits per heavy atom. The maximum Gasteiger partial charge on any atom is 0.259 e. The highest BCUT2D eigenvalue weighted by Gasteiger charge is 2.34. The predicted molar refractivity (Wildman–Crippen MR) is 172 cm³/mol. The Hall–Kier alpha value is -5.16. The molecule has 3 aliphatic heterocycles. The lowest BCUT2D eigenvalue weighted by Gasteiger charge is -2.30. The zero-order valence-electron chi connectivity index (χ0n) is 25.1. The Balaban J connectivity index is 1.08. The molecule has 2 N–H and O–H groups in total. The summed E-state index contributed by atoms with van der Waals surface area (Å²) in [5.74, 6) is -0.376. The number of aromatic nitrogens is 2.